The van der Waals surface area contributed by atoms with Gasteiger partial charge in [-0.2, -0.15) is 0 Å². The highest BCUT2D eigenvalue weighted by Gasteiger charge is 2.21. The first kappa shape index (κ1) is 14.8. The number of alkyl halides is 1. The number of benzene rings is 1. The molecule has 0 nitrogen and oxygen atoms in total. The van der Waals surface area contributed by atoms with E-state index in [9.17, 15) is 0 Å². The van der Waals surface area contributed by atoms with Crippen molar-refractivity contribution in [3.63, 3.8) is 0 Å². The Morgan fingerprint density at radius 3 is 2.24 bits per heavy atom. The summed E-state index contributed by atoms with van der Waals surface area (Å²) in [5.74, 6) is 0. The summed E-state index contributed by atoms with van der Waals surface area (Å²) in [4.78, 5) is 0.588. The molecule has 1 heteroatoms. The summed E-state index contributed by atoms with van der Waals surface area (Å²) >= 11 is 3.81. The predicted molar refractivity (Wildman–Crippen MR) is 80.9 cm³/mol. The summed E-state index contributed by atoms with van der Waals surface area (Å²) < 4.78 is 0. The van der Waals surface area contributed by atoms with Crippen LogP contribution in [0.15, 0.2) is 24.3 Å². The molecular weight excluding hydrogens is 272 g/mol. The third kappa shape index (κ3) is 5.25. The molecule has 0 spiro atoms. The molecule has 0 aliphatic rings. The van der Waals surface area contributed by atoms with Gasteiger partial charge in [0.2, 0.25) is 0 Å². The fourth-order valence-electron chi connectivity index (χ4n) is 1.96. The molecule has 1 aromatic rings. The van der Waals surface area contributed by atoms with Crippen LogP contribution in [-0.2, 0) is 12.8 Å². The van der Waals surface area contributed by atoms with Crippen LogP contribution in [0.5, 0.6) is 0 Å². The van der Waals surface area contributed by atoms with Crippen molar-refractivity contribution in [1.29, 1.82) is 0 Å². The van der Waals surface area contributed by atoms with E-state index in [1.165, 1.54) is 36.8 Å². The van der Waals surface area contributed by atoms with Crippen LogP contribution in [0, 0.1) is 5.41 Å². The first-order valence-corrected chi connectivity index (χ1v) is 7.57. The molecule has 0 aromatic heterocycles. The van der Waals surface area contributed by atoms with Gasteiger partial charge in [0, 0.05) is 4.83 Å². The second-order valence-electron chi connectivity index (χ2n) is 5.94. The molecule has 0 saturated carbocycles. The highest BCUT2D eigenvalue weighted by atomic mass is 79.9. The quantitative estimate of drug-likeness (QED) is 0.640. The maximum atomic E-state index is 3.81. The molecule has 1 aromatic carbocycles. The van der Waals surface area contributed by atoms with Crippen LogP contribution in [-0.4, -0.2) is 4.83 Å². The molecule has 0 bridgehead atoms. The molecule has 1 rings (SSSR count). The highest BCUT2D eigenvalue weighted by Crippen LogP contribution is 2.29. The predicted octanol–water partition coefficient (Wildman–Crippen LogP) is 5.38. The zero-order chi connectivity index (χ0) is 12.9. The molecule has 0 N–H and O–H groups in total. The maximum Gasteiger partial charge on any atom is 0.0197 e. The van der Waals surface area contributed by atoms with Gasteiger partial charge in [0.05, 0.1) is 0 Å². The summed E-state index contributed by atoms with van der Waals surface area (Å²) in [5.41, 5.74) is 3.30. The molecule has 0 heterocycles. The lowest BCUT2D eigenvalue weighted by molar-refractivity contribution is 0.386. The van der Waals surface area contributed by atoms with Crippen LogP contribution in [0.4, 0.5) is 0 Å². The van der Waals surface area contributed by atoms with Crippen LogP contribution in [0.3, 0.4) is 0 Å². The van der Waals surface area contributed by atoms with E-state index in [0.29, 0.717) is 10.2 Å². The van der Waals surface area contributed by atoms with E-state index in [4.69, 9.17) is 0 Å². The Morgan fingerprint density at radius 2 is 1.71 bits per heavy atom. The van der Waals surface area contributed by atoms with E-state index < -0.39 is 0 Å². The van der Waals surface area contributed by atoms with E-state index in [0.717, 1.165) is 0 Å². The Bertz CT molecular complexity index is 336. The zero-order valence-electron chi connectivity index (χ0n) is 11.6. The number of halogens is 1. The number of hydrogen-bond acceptors (Lipinski definition) is 0. The molecule has 0 saturated heterocycles. The van der Waals surface area contributed by atoms with E-state index in [1.807, 2.05) is 0 Å². The number of rotatable bonds is 5. The van der Waals surface area contributed by atoms with Crippen molar-refractivity contribution in [2.24, 2.45) is 5.41 Å². The molecule has 0 amide bonds. The zero-order valence-corrected chi connectivity index (χ0v) is 13.2. The fraction of sp³-hybridized carbons (Fsp3) is 0.625. The Hall–Kier alpha value is -0.300. The molecule has 1 atom stereocenters. The van der Waals surface area contributed by atoms with Crippen molar-refractivity contribution in [3.8, 4) is 0 Å². The topological polar surface area (TPSA) is 0 Å². The lowest BCUT2D eigenvalue weighted by Crippen LogP contribution is -2.20. The van der Waals surface area contributed by atoms with Gasteiger partial charge in [-0.3, -0.25) is 0 Å². The SMILES string of the molecule is CCCc1cccc(CCC(Br)C(C)(C)C)c1. The smallest absolute Gasteiger partial charge is 0.0197 e. The van der Waals surface area contributed by atoms with Gasteiger partial charge >= 0.3 is 0 Å². The van der Waals surface area contributed by atoms with Crippen molar-refractivity contribution < 1.29 is 0 Å². The fourth-order valence-corrected chi connectivity index (χ4v) is 2.18. The molecule has 17 heavy (non-hydrogen) atoms. The third-order valence-corrected chi connectivity index (χ3v) is 4.99. The largest absolute Gasteiger partial charge is 0.0885 e. The minimum Gasteiger partial charge on any atom is -0.0885 e. The minimum absolute atomic E-state index is 0.348. The van der Waals surface area contributed by atoms with Crippen molar-refractivity contribution in [2.45, 2.75) is 58.2 Å². The average Bonchev–Trinajstić information content (AvgIpc) is 2.25. The van der Waals surface area contributed by atoms with Gasteiger partial charge in [-0.15, -0.1) is 0 Å². The molecule has 0 radical (unpaired) electrons. The van der Waals surface area contributed by atoms with Gasteiger partial charge in [0.1, 0.15) is 0 Å². The lowest BCUT2D eigenvalue weighted by atomic mass is 9.88. The Morgan fingerprint density at radius 1 is 1.12 bits per heavy atom. The lowest BCUT2D eigenvalue weighted by Gasteiger charge is -2.25. The van der Waals surface area contributed by atoms with Gasteiger partial charge in [0.15, 0.2) is 0 Å². The number of aryl methyl sites for hydroxylation is 2. The van der Waals surface area contributed by atoms with Crippen LogP contribution >= 0.6 is 15.9 Å². The van der Waals surface area contributed by atoms with Gasteiger partial charge < -0.3 is 0 Å². The second kappa shape index (κ2) is 6.58. The highest BCUT2D eigenvalue weighted by molar-refractivity contribution is 9.09. The monoisotopic (exact) mass is 296 g/mol. The number of hydrogen-bond donors (Lipinski definition) is 0. The Labute approximate surface area is 115 Å². The van der Waals surface area contributed by atoms with Crippen molar-refractivity contribution in [2.75, 3.05) is 0 Å². The van der Waals surface area contributed by atoms with Crippen LogP contribution in [0.2, 0.25) is 0 Å². The minimum atomic E-state index is 0.348. The van der Waals surface area contributed by atoms with Gasteiger partial charge in [0.25, 0.3) is 0 Å². The maximum absolute atomic E-state index is 3.81. The third-order valence-electron chi connectivity index (χ3n) is 3.16. The van der Waals surface area contributed by atoms with Crippen LogP contribution < -0.4 is 0 Å². The Kier molecular flexibility index (Phi) is 5.72. The molecule has 96 valence electrons. The van der Waals surface area contributed by atoms with Gasteiger partial charge in [-0.1, -0.05) is 74.3 Å². The summed E-state index contributed by atoms with van der Waals surface area (Å²) in [5, 5.41) is 0. The molecule has 0 aliphatic heterocycles. The molecule has 0 fully saturated rings. The van der Waals surface area contributed by atoms with Crippen molar-refractivity contribution >= 4 is 15.9 Å². The van der Waals surface area contributed by atoms with Crippen molar-refractivity contribution in [3.05, 3.63) is 35.4 Å². The molecule has 0 aliphatic carbocycles. The first-order valence-electron chi connectivity index (χ1n) is 6.65. The van der Waals surface area contributed by atoms with E-state index in [1.54, 1.807) is 0 Å². The summed E-state index contributed by atoms with van der Waals surface area (Å²) in [7, 11) is 0. The second-order valence-corrected chi connectivity index (χ2v) is 7.05. The van der Waals surface area contributed by atoms with Gasteiger partial charge in [-0.05, 0) is 35.8 Å². The summed E-state index contributed by atoms with van der Waals surface area (Å²) in [6.07, 6.45) is 4.81. The summed E-state index contributed by atoms with van der Waals surface area (Å²) in [6, 6.07) is 9.05. The normalized spacial score (nSPS) is 13.7. The Balaban J connectivity index is 2.54. The van der Waals surface area contributed by atoms with Crippen LogP contribution in [0.25, 0.3) is 0 Å². The summed E-state index contributed by atoms with van der Waals surface area (Å²) in [6.45, 7) is 9.11. The molecular formula is C16H25Br. The van der Waals surface area contributed by atoms with E-state index in [2.05, 4.69) is 67.9 Å². The van der Waals surface area contributed by atoms with E-state index in [-0.39, 0.29) is 0 Å². The van der Waals surface area contributed by atoms with E-state index >= 15 is 0 Å². The molecule has 1 unspecified atom stereocenters. The standard InChI is InChI=1S/C16H25Br/c1-5-7-13-8-6-9-14(12-13)10-11-15(17)16(2,3)4/h6,8-9,12,15H,5,7,10-11H2,1-4H3. The first-order chi connectivity index (χ1) is 7.93. The van der Waals surface area contributed by atoms with Crippen molar-refractivity contribution in [1.82, 2.24) is 0 Å². The average molecular weight is 297 g/mol. The van der Waals surface area contributed by atoms with Gasteiger partial charge in [-0.25, -0.2) is 0 Å². The van der Waals surface area contributed by atoms with Crippen LogP contribution in [0.1, 0.15) is 51.7 Å².